The number of non-ortho nitro benzene ring substituents is 1. The summed E-state index contributed by atoms with van der Waals surface area (Å²) in [6, 6.07) is 21.9. The quantitative estimate of drug-likeness (QED) is 0.0867. The largest absolute Gasteiger partial charge is 0.504 e. The number of rotatable bonds is 8. The molecule has 4 aliphatic rings. The number of nitrogens with one attached hydrogen (secondary N) is 1. The number of phenols is 1. The third kappa shape index (κ3) is 5.17. The zero-order chi connectivity index (χ0) is 38.1. The summed E-state index contributed by atoms with van der Waals surface area (Å²) >= 11 is 6.35. The van der Waals surface area contributed by atoms with E-state index < -0.39 is 69.4 Å². The molecule has 0 aromatic heterocycles. The Labute approximate surface area is 312 Å². The summed E-state index contributed by atoms with van der Waals surface area (Å²) in [6.07, 6.45) is 1.88. The normalized spacial score (nSPS) is 25.9. The first-order chi connectivity index (χ1) is 26.0. The van der Waals surface area contributed by atoms with Crippen molar-refractivity contribution in [2.45, 2.75) is 31.1 Å². The lowest BCUT2D eigenvalue weighted by Gasteiger charge is -2.50. The number of imide groups is 2. The minimum atomic E-state index is -1.71. The lowest BCUT2D eigenvalue weighted by molar-refractivity contribution is -0.384. The molecule has 3 fully saturated rings. The first kappa shape index (κ1) is 35.0. The number of halogens is 2. The molecule has 2 aliphatic carbocycles. The molecule has 274 valence electrons. The van der Waals surface area contributed by atoms with Crippen molar-refractivity contribution >= 4 is 52.3 Å². The number of amides is 4. The van der Waals surface area contributed by atoms with Crippen molar-refractivity contribution in [2.75, 3.05) is 16.9 Å². The first-order valence-electron chi connectivity index (χ1n) is 17.4. The van der Waals surface area contributed by atoms with Gasteiger partial charge in [0, 0.05) is 28.6 Å². The molecule has 54 heavy (non-hydrogen) atoms. The Balaban J connectivity index is 1.33. The van der Waals surface area contributed by atoms with E-state index in [4.69, 9.17) is 16.3 Å². The minimum Gasteiger partial charge on any atom is -0.504 e. The molecule has 0 radical (unpaired) electrons. The molecule has 12 nitrogen and oxygen atoms in total. The number of carbonyl (C=O) groups is 4. The number of carbonyl (C=O) groups excluding carboxylic acids is 4. The van der Waals surface area contributed by atoms with Gasteiger partial charge in [-0.25, -0.2) is 9.29 Å². The molecule has 14 heteroatoms. The maximum atomic E-state index is 15.3. The maximum absolute atomic E-state index is 15.3. The molecule has 4 amide bonds. The van der Waals surface area contributed by atoms with Crippen LogP contribution < -0.4 is 15.1 Å². The molecule has 0 bridgehead atoms. The van der Waals surface area contributed by atoms with Gasteiger partial charge in [0.15, 0.2) is 11.5 Å². The molecule has 4 aromatic rings. The SMILES string of the molecule is CCOc1cccc(C2C3=CCC4C(=O)N(c5cccc([N+](=O)[O-])c5)C(=O)C4C3CC3C(=O)N(Nc4ccc(F)cc4)C(=O)C32c2ccc(Cl)cc2)c1O. The van der Waals surface area contributed by atoms with Crippen molar-refractivity contribution in [2.24, 2.45) is 23.7 Å². The fraction of sp³-hybridized carbons (Fsp3) is 0.250. The fourth-order valence-corrected chi connectivity index (χ4v) is 9.17. The highest BCUT2D eigenvalue weighted by molar-refractivity contribution is 6.30. The van der Waals surface area contributed by atoms with E-state index in [1.807, 2.05) is 6.08 Å². The number of fused-ring (bicyclic) bond motifs is 4. The summed E-state index contributed by atoms with van der Waals surface area (Å²) in [4.78, 5) is 70.6. The van der Waals surface area contributed by atoms with Gasteiger partial charge in [-0.3, -0.25) is 34.7 Å². The predicted octanol–water partition coefficient (Wildman–Crippen LogP) is 6.68. The number of benzene rings is 4. The highest BCUT2D eigenvalue weighted by Gasteiger charge is 2.70. The Morgan fingerprint density at radius 2 is 1.69 bits per heavy atom. The molecular formula is C40H32ClFN4O8. The van der Waals surface area contributed by atoms with E-state index in [0.717, 1.165) is 9.91 Å². The van der Waals surface area contributed by atoms with Crippen LogP contribution >= 0.6 is 11.6 Å². The van der Waals surface area contributed by atoms with Crippen LogP contribution in [0.5, 0.6) is 11.5 Å². The van der Waals surface area contributed by atoms with Crippen molar-refractivity contribution < 1.29 is 38.3 Å². The van der Waals surface area contributed by atoms with Crippen LogP contribution in [0.1, 0.15) is 36.8 Å². The Kier molecular flexibility index (Phi) is 8.48. The van der Waals surface area contributed by atoms with Gasteiger partial charge in [0.25, 0.3) is 17.5 Å². The highest BCUT2D eigenvalue weighted by atomic mass is 35.5. The lowest BCUT2D eigenvalue weighted by Crippen LogP contribution is -2.53. The van der Waals surface area contributed by atoms with Gasteiger partial charge in [-0.05, 0) is 79.8 Å². The van der Waals surface area contributed by atoms with Gasteiger partial charge in [0.2, 0.25) is 11.8 Å². The summed E-state index contributed by atoms with van der Waals surface area (Å²) in [5.74, 6) is -7.81. The van der Waals surface area contributed by atoms with Crippen molar-refractivity contribution in [1.82, 2.24) is 5.01 Å². The van der Waals surface area contributed by atoms with E-state index >= 15 is 4.79 Å². The van der Waals surface area contributed by atoms with Gasteiger partial charge in [0.05, 0.1) is 46.1 Å². The lowest BCUT2D eigenvalue weighted by atomic mass is 9.49. The van der Waals surface area contributed by atoms with Gasteiger partial charge in [0.1, 0.15) is 5.82 Å². The van der Waals surface area contributed by atoms with Crippen molar-refractivity contribution in [3.8, 4) is 11.5 Å². The van der Waals surface area contributed by atoms with E-state index in [1.165, 1.54) is 48.5 Å². The van der Waals surface area contributed by atoms with Gasteiger partial charge in [-0.15, -0.1) is 0 Å². The monoisotopic (exact) mass is 750 g/mol. The van der Waals surface area contributed by atoms with Gasteiger partial charge in [-0.1, -0.05) is 53.6 Å². The number of nitrogens with zero attached hydrogens (tertiary/aromatic N) is 3. The molecule has 1 saturated carbocycles. The van der Waals surface area contributed by atoms with Crippen LogP contribution in [0.3, 0.4) is 0 Å². The first-order valence-corrected chi connectivity index (χ1v) is 17.8. The standard InChI is InChI=1S/C40H32ClFN4O8/c1-2-54-32-8-4-7-29(35(32)47)34-27-17-18-28-33(38(50)44(36(28)48)25-5-3-6-26(19-25)46(52)53)30(27)20-31-37(49)45(43-24-15-13-23(42)14-16-24)39(51)40(31,34)21-9-11-22(41)12-10-21/h3-17,19,28,30-31,33-34,43,47H,2,18,20H2,1H3. The number of aromatic hydroxyl groups is 1. The molecule has 8 rings (SSSR count). The average molecular weight is 751 g/mol. The van der Waals surface area contributed by atoms with E-state index in [1.54, 1.807) is 49.4 Å². The number of hydrogen-bond acceptors (Lipinski definition) is 9. The average Bonchev–Trinajstić information content (AvgIpc) is 3.54. The molecule has 2 N–H and O–H groups in total. The Hall–Kier alpha value is -6.08. The van der Waals surface area contributed by atoms with E-state index in [2.05, 4.69) is 5.43 Å². The molecule has 0 spiro atoms. The number of anilines is 2. The fourth-order valence-electron chi connectivity index (χ4n) is 9.04. The van der Waals surface area contributed by atoms with Crippen LogP contribution in [-0.4, -0.2) is 45.3 Å². The number of nitro groups is 1. The summed E-state index contributed by atoms with van der Waals surface area (Å²) in [7, 11) is 0. The van der Waals surface area contributed by atoms with E-state index in [-0.39, 0.29) is 53.6 Å². The zero-order valence-corrected chi connectivity index (χ0v) is 29.4. The summed E-state index contributed by atoms with van der Waals surface area (Å²) in [5, 5.41) is 24.8. The number of ether oxygens (including phenoxy) is 1. The number of nitro benzene ring substituents is 1. The Morgan fingerprint density at radius 1 is 0.963 bits per heavy atom. The number of hydrogen-bond donors (Lipinski definition) is 2. The molecule has 4 aromatic carbocycles. The van der Waals surface area contributed by atoms with Crippen molar-refractivity contribution in [3.05, 3.63) is 135 Å². The molecular weight excluding hydrogens is 719 g/mol. The van der Waals surface area contributed by atoms with E-state index in [9.17, 15) is 34.0 Å². The predicted molar refractivity (Wildman–Crippen MR) is 194 cm³/mol. The summed E-state index contributed by atoms with van der Waals surface area (Å²) < 4.78 is 19.7. The Bertz CT molecular complexity index is 2280. The summed E-state index contributed by atoms with van der Waals surface area (Å²) in [5.41, 5.74) is 2.49. The molecule has 6 unspecified atom stereocenters. The number of para-hydroxylation sites is 1. The van der Waals surface area contributed by atoms with Crippen LogP contribution in [0.25, 0.3) is 0 Å². The van der Waals surface area contributed by atoms with Crippen LogP contribution in [0, 0.1) is 39.6 Å². The topological polar surface area (TPSA) is 159 Å². The molecule has 2 heterocycles. The van der Waals surface area contributed by atoms with Gasteiger partial charge in [-0.2, -0.15) is 5.01 Å². The third-order valence-electron chi connectivity index (χ3n) is 11.2. The second-order valence-electron chi connectivity index (χ2n) is 13.8. The second-order valence-corrected chi connectivity index (χ2v) is 14.2. The highest BCUT2D eigenvalue weighted by Crippen LogP contribution is 2.65. The van der Waals surface area contributed by atoms with Gasteiger partial charge < -0.3 is 9.84 Å². The summed E-state index contributed by atoms with van der Waals surface area (Å²) in [6.45, 7) is 1.98. The number of hydrazine groups is 1. The van der Waals surface area contributed by atoms with Crippen LogP contribution in [0.2, 0.25) is 5.02 Å². The number of phenolic OH excluding ortho intramolecular Hbond substituents is 1. The third-order valence-corrected chi connectivity index (χ3v) is 11.4. The van der Waals surface area contributed by atoms with Crippen molar-refractivity contribution in [3.63, 3.8) is 0 Å². The van der Waals surface area contributed by atoms with Crippen LogP contribution in [0.4, 0.5) is 21.5 Å². The zero-order valence-electron chi connectivity index (χ0n) is 28.6. The molecule has 6 atom stereocenters. The molecule has 2 aliphatic heterocycles. The minimum absolute atomic E-state index is 0.0357. The number of allylic oxidation sites excluding steroid dienone is 2. The second kappa shape index (κ2) is 13.1. The smallest absolute Gasteiger partial charge is 0.271 e. The maximum Gasteiger partial charge on any atom is 0.271 e. The Morgan fingerprint density at radius 3 is 2.39 bits per heavy atom. The van der Waals surface area contributed by atoms with Crippen molar-refractivity contribution in [1.29, 1.82) is 0 Å². The van der Waals surface area contributed by atoms with E-state index in [0.29, 0.717) is 16.2 Å². The van der Waals surface area contributed by atoms with Crippen LogP contribution in [0.15, 0.2) is 103 Å². The molecule has 2 saturated heterocycles. The van der Waals surface area contributed by atoms with Gasteiger partial charge >= 0.3 is 0 Å². The van der Waals surface area contributed by atoms with Crippen LogP contribution in [-0.2, 0) is 24.6 Å².